The van der Waals surface area contributed by atoms with Crippen LogP contribution in [0.1, 0.15) is 22.8 Å². The van der Waals surface area contributed by atoms with E-state index in [9.17, 15) is 39.5 Å². The van der Waals surface area contributed by atoms with Crippen LogP contribution in [0.4, 0.5) is 39.5 Å². The molecule has 0 aliphatic carbocycles. The average Bonchev–Trinajstić information content (AvgIpc) is 3.20. The molecule has 0 aliphatic rings. The molecule has 8 rings (SSSR count). The second-order valence-corrected chi connectivity index (χ2v) is 12.2. The maximum atomic E-state index is 12.5. The van der Waals surface area contributed by atoms with Crippen molar-refractivity contribution in [2.45, 2.75) is 25.5 Å². The van der Waals surface area contributed by atoms with E-state index in [0.29, 0.717) is 5.69 Å². The summed E-state index contributed by atoms with van der Waals surface area (Å²) in [6, 6.07) is 39.3. The van der Waals surface area contributed by atoms with Crippen LogP contribution in [0.25, 0.3) is 56.0 Å². The van der Waals surface area contributed by atoms with Crippen molar-refractivity contribution in [1.82, 2.24) is 29.9 Å². The van der Waals surface area contributed by atoms with Crippen molar-refractivity contribution in [3.05, 3.63) is 168 Å². The molecular formula is C42H27F9N6. The van der Waals surface area contributed by atoms with Crippen molar-refractivity contribution in [2.75, 3.05) is 0 Å². The molecule has 0 amide bonds. The van der Waals surface area contributed by atoms with Crippen LogP contribution in [0, 0.1) is 6.92 Å². The summed E-state index contributed by atoms with van der Waals surface area (Å²) in [5.41, 5.74) is 1.41. The molecule has 2 aromatic carbocycles. The second kappa shape index (κ2) is 16.5. The van der Waals surface area contributed by atoms with Gasteiger partial charge >= 0.3 is 18.5 Å². The van der Waals surface area contributed by atoms with E-state index < -0.39 is 35.6 Å². The molecule has 6 aromatic heterocycles. The van der Waals surface area contributed by atoms with Gasteiger partial charge in [0.15, 0.2) is 0 Å². The molecule has 6 nitrogen and oxygen atoms in total. The molecule has 0 radical (unpaired) electrons. The topological polar surface area (TPSA) is 77.3 Å². The third-order valence-corrected chi connectivity index (χ3v) is 7.99. The van der Waals surface area contributed by atoms with Gasteiger partial charge in [-0.2, -0.15) is 39.5 Å². The number of para-hydroxylation sites is 2. The van der Waals surface area contributed by atoms with E-state index in [1.165, 1.54) is 12.1 Å². The molecular weight excluding hydrogens is 759 g/mol. The van der Waals surface area contributed by atoms with Gasteiger partial charge in [-0.05, 0) is 79.7 Å². The summed E-state index contributed by atoms with van der Waals surface area (Å²) in [5.74, 6) is 0. The fourth-order valence-corrected chi connectivity index (χ4v) is 5.31. The van der Waals surface area contributed by atoms with Crippen LogP contribution >= 0.6 is 0 Å². The largest absolute Gasteiger partial charge is 0.433 e. The van der Waals surface area contributed by atoms with Gasteiger partial charge in [-0.1, -0.05) is 72.8 Å². The quantitative estimate of drug-likeness (QED) is 0.166. The first-order valence-corrected chi connectivity index (χ1v) is 16.8. The van der Waals surface area contributed by atoms with Crippen molar-refractivity contribution >= 4 is 21.8 Å². The lowest BCUT2D eigenvalue weighted by molar-refractivity contribution is -0.142. The third-order valence-electron chi connectivity index (χ3n) is 7.99. The molecule has 0 saturated carbocycles. The van der Waals surface area contributed by atoms with Crippen molar-refractivity contribution in [3.63, 3.8) is 0 Å². The number of hydrogen-bond donors (Lipinski definition) is 0. The van der Waals surface area contributed by atoms with Gasteiger partial charge in [0, 0.05) is 16.5 Å². The molecule has 288 valence electrons. The zero-order valence-electron chi connectivity index (χ0n) is 29.4. The number of aromatic nitrogens is 6. The summed E-state index contributed by atoms with van der Waals surface area (Å²) in [4.78, 5) is 23.6. The van der Waals surface area contributed by atoms with Gasteiger partial charge in [-0.25, -0.2) is 24.9 Å². The Morgan fingerprint density at radius 2 is 0.614 bits per heavy atom. The summed E-state index contributed by atoms with van der Waals surface area (Å²) in [6.45, 7) is 1.77. The van der Waals surface area contributed by atoms with E-state index in [-0.39, 0.29) is 17.1 Å². The minimum Gasteiger partial charge on any atom is -0.251 e. The Kier molecular flexibility index (Phi) is 11.6. The maximum absolute atomic E-state index is 12.5. The van der Waals surface area contributed by atoms with E-state index in [2.05, 4.69) is 54.2 Å². The second-order valence-electron chi connectivity index (χ2n) is 12.2. The van der Waals surface area contributed by atoms with Gasteiger partial charge in [0.2, 0.25) is 0 Å². The van der Waals surface area contributed by atoms with E-state index >= 15 is 0 Å². The maximum Gasteiger partial charge on any atom is 0.433 e. The van der Waals surface area contributed by atoms with Crippen molar-refractivity contribution < 1.29 is 39.5 Å². The summed E-state index contributed by atoms with van der Waals surface area (Å²) in [7, 11) is 0. The van der Waals surface area contributed by atoms with Gasteiger partial charge in [-0.3, -0.25) is 4.98 Å². The molecule has 15 heteroatoms. The van der Waals surface area contributed by atoms with Gasteiger partial charge in [0.25, 0.3) is 0 Å². The van der Waals surface area contributed by atoms with E-state index in [1.54, 1.807) is 25.1 Å². The number of rotatable bonds is 3. The van der Waals surface area contributed by atoms with Crippen LogP contribution in [-0.4, -0.2) is 29.9 Å². The van der Waals surface area contributed by atoms with Crippen LogP contribution < -0.4 is 0 Å². The van der Waals surface area contributed by atoms with Gasteiger partial charge in [-0.15, -0.1) is 0 Å². The molecule has 0 saturated heterocycles. The predicted octanol–water partition coefficient (Wildman–Crippen LogP) is 12.1. The van der Waals surface area contributed by atoms with Crippen molar-refractivity contribution in [2.24, 2.45) is 0 Å². The van der Waals surface area contributed by atoms with E-state index in [1.807, 2.05) is 48.5 Å². The first-order valence-electron chi connectivity index (χ1n) is 16.8. The molecule has 6 heterocycles. The number of fused-ring (bicyclic) bond motifs is 2. The normalized spacial score (nSPS) is 11.7. The number of benzene rings is 2. The van der Waals surface area contributed by atoms with Crippen LogP contribution in [0.2, 0.25) is 0 Å². The van der Waals surface area contributed by atoms with Crippen LogP contribution in [0.15, 0.2) is 146 Å². The number of nitrogens with zero attached hydrogens (tertiary/aromatic N) is 6. The smallest absolute Gasteiger partial charge is 0.251 e. The summed E-state index contributed by atoms with van der Waals surface area (Å²) < 4.78 is 112. The number of alkyl halides is 9. The first kappa shape index (κ1) is 39.9. The van der Waals surface area contributed by atoms with Crippen molar-refractivity contribution in [3.8, 4) is 34.2 Å². The van der Waals surface area contributed by atoms with Gasteiger partial charge in [0.1, 0.15) is 17.1 Å². The highest BCUT2D eigenvalue weighted by atomic mass is 19.4. The predicted molar refractivity (Wildman–Crippen MR) is 197 cm³/mol. The monoisotopic (exact) mass is 786 g/mol. The van der Waals surface area contributed by atoms with Crippen LogP contribution in [0.5, 0.6) is 0 Å². The number of halogens is 9. The van der Waals surface area contributed by atoms with E-state index in [4.69, 9.17) is 0 Å². The van der Waals surface area contributed by atoms with E-state index in [0.717, 1.165) is 81.4 Å². The standard InChI is InChI=1S/C18H12N2.C12H6F6N2.C12H9F3N2/c1-3-7-15-13(5-1)9-11-17(19-15)18-12-10-14-6-2-4-8-16(14)20-18;13-11(14,15)9-5-1-3-7(19-9)8-4-2-6-10(20-8)12(16,17)18;1-8-4-2-5-9(16-8)10-6-3-7-11(17-10)12(13,14)15/h1-12H;1-6H;2-7H,1H3. The zero-order valence-corrected chi connectivity index (χ0v) is 29.4. The first-order chi connectivity index (χ1) is 27.0. The highest BCUT2D eigenvalue weighted by Crippen LogP contribution is 2.32. The summed E-state index contributed by atoms with van der Waals surface area (Å²) in [6.07, 6.45) is -13.8. The zero-order chi connectivity index (χ0) is 40.8. The third kappa shape index (κ3) is 10.3. The molecule has 0 N–H and O–H groups in total. The fourth-order valence-electron chi connectivity index (χ4n) is 5.31. The summed E-state index contributed by atoms with van der Waals surface area (Å²) >= 11 is 0. The minimum atomic E-state index is -4.67. The molecule has 0 aliphatic heterocycles. The molecule has 0 unspecified atom stereocenters. The Balaban J connectivity index is 0.000000145. The Hall–Kier alpha value is -6.77. The Labute approximate surface area is 318 Å². The lowest BCUT2D eigenvalue weighted by atomic mass is 10.1. The Bertz CT molecular complexity index is 2510. The van der Waals surface area contributed by atoms with Crippen LogP contribution in [0.3, 0.4) is 0 Å². The SMILES string of the molecule is Cc1cccc(-c2cccc(C(F)(F)F)n2)n1.FC(F)(F)c1cccc(-c2cccc(C(F)(F)F)n2)n1.c1ccc2nc(-c3ccc4ccccc4n3)ccc2c1. The number of pyridine rings is 6. The molecule has 0 atom stereocenters. The highest BCUT2D eigenvalue weighted by Gasteiger charge is 2.34. The lowest BCUT2D eigenvalue weighted by Gasteiger charge is -2.09. The molecule has 57 heavy (non-hydrogen) atoms. The molecule has 8 aromatic rings. The summed E-state index contributed by atoms with van der Waals surface area (Å²) in [5, 5.41) is 2.30. The van der Waals surface area contributed by atoms with Crippen LogP contribution in [-0.2, 0) is 18.5 Å². The Morgan fingerprint density at radius 3 is 0.965 bits per heavy atom. The number of hydrogen-bond acceptors (Lipinski definition) is 6. The highest BCUT2D eigenvalue weighted by molar-refractivity contribution is 5.84. The molecule has 0 fully saturated rings. The lowest BCUT2D eigenvalue weighted by Crippen LogP contribution is -2.10. The molecule has 0 spiro atoms. The minimum absolute atomic E-state index is 0.225. The fraction of sp³-hybridized carbons (Fsp3) is 0.0952. The van der Waals surface area contributed by atoms with Gasteiger partial charge < -0.3 is 0 Å². The average molecular weight is 787 g/mol. The molecule has 0 bridgehead atoms. The van der Waals surface area contributed by atoms with Crippen molar-refractivity contribution in [1.29, 1.82) is 0 Å². The Morgan fingerprint density at radius 1 is 0.298 bits per heavy atom. The van der Waals surface area contributed by atoms with Gasteiger partial charge in [0.05, 0.1) is 45.2 Å². The number of aryl methyl sites for hydroxylation is 1.